The molecule has 9 heteroatoms. The van der Waals surface area contributed by atoms with E-state index < -0.39 is 27.0 Å². The van der Waals surface area contributed by atoms with Gasteiger partial charge in [0, 0.05) is 17.6 Å². The van der Waals surface area contributed by atoms with Crippen LogP contribution in [-0.4, -0.2) is 25.6 Å². The molecule has 2 rings (SSSR count). The van der Waals surface area contributed by atoms with E-state index in [0.29, 0.717) is 31.4 Å². The van der Waals surface area contributed by atoms with Gasteiger partial charge in [-0.15, -0.1) is 0 Å². The molecule has 0 atom stereocenters. The maximum absolute atomic E-state index is 12.8. The zero-order valence-corrected chi connectivity index (χ0v) is 16.4. The average Bonchev–Trinajstić information content (AvgIpc) is 2.53. The van der Waals surface area contributed by atoms with Gasteiger partial charge in [0.1, 0.15) is 0 Å². The molecular weight excluding hydrogens is 381 g/mol. The Morgan fingerprint density at radius 1 is 1.15 bits per heavy atom. The third-order valence-electron chi connectivity index (χ3n) is 4.85. The van der Waals surface area contributed by atoms with E-state index in [-0.39, 0.29) is 23.4 Å². The maximum atomic E-state index is 12.8. The Hall–Kier alpha value is -1.61. The van der Waals surface area contributed by atoms with Crippen molar-refractivity contribution in [2.45, 2.75) is 63.9 Å². The topological polar surface area (TPSA) is 75.3 Å². The first-order chi connectivity index (χ1) is 12.4. The second-order valence-electron chi connectivity index (χ2n) is 7.28. The van der Waals surface area contributed by atoms with E-state index in [2.05, 4.69) is 10.0 Å². The highest BCUT2D eigenvalue weighted by Crippen LogP contribution is 2.33. The van der Waals surface area contributed by atoms with E-state index in [1.165, 1.54) is 19.1 Å². The Kier molecular flexibility index (Phi) is 6.57. The van der Waals surface area contributed by atoms with Gasteiger partial charge in [-0.05, 0) is 70.2 Å². The number of sulfonamides is 1. The van der Waals surface area contributed by atoms with Crippen LogP contribution in [0.15, 0.2) is 18.2 Å². The molecule has 1 saturated carbocycles. The van der Waals surface area contributed by atoms with Crippen molar-refractivity contribution >= 4 is 21.6 Å². The molecule has 1 aliphatic rings. The van der Waals surface area contributed by atoms with E-state index in [1.807, 2.05) is 0 Å². The molecule has 0 saturated heterocycles. The van der Waals surface area contributed by atoms with Crippen molar-refractivity contribution in [1.29, 1.82) is 0 Å². The lowest BCUT2D eigenvalue weighted by Crippen LogP contribution is -2.42. The normalized spacial score (nSPS) is 21.3. The Balaban J connectivity index is 1.92. The van der Waals surface area contributed by atoms with Crippen molar-refractivity contribution in [3.8, 4) is 0 Å². The van der Waals surface area contributed by atoms with Crippen molar-refractivity contribution in [1.82, 2.24) is 4.72 Å². The van der Waals surface area contributed by atoms with Crippen molar-refractivity contribution in [3.63, 3.8) is 0 Å². The second kappa shape index (κ2) is 8.18. The van der Waals surface area contributed by atoms with Gasteiger partial charge in [-0.25, -0.2) is 13.1 Å². The number of amides is 1. The first-order valence-corrected chi connectivity index (χ1v) is 10.4. The Labute approximate surface area is 157 Å². The van der Waals surface area contributed by atoms with Gasteiger partial charge < -0.3 is 5.32 Å². The third kappa shape index (κ3) is 5.68. The first-order valence-electron chi connectivity index (χ1n) is 8.90. The van der Waals surface area contributed by atoms with Gasteiger partial charge in [0.15, 0.2) is 0 Å². The van der Waals surface area contributed by atoms with Gasteiger partial charge in [0.05, 0.1) is 10.8 Å². The molecule has 0 bridgehead atoms. The summed E-state index contributed by atoms with van der Waals surface area (Å²) >= 11 is 0. The molecule has 5 nitrogen and oxygen atoms in total. The van der Waals surface area contributed by atoms with Crippen LogP contribution in [0.3, 0.4) is 0 Å². The summed E-state index contributed by atoms with van der Waals surface area (Å²) in [5.41, 5.74) is -0.348. The Morgan fingerprint density at radius 3 is 2.22 bits per heavy atom. The monoisotopic (exact) mass is 406 g/mol. The van der Waals surface area contributed by atoms with Crippen molar-refractivity contribution < 1.29 is 26.4 Å². The summed E-state index contributed by atoms with van der Waals surface area (Å²) in [7, 11) is -3.35. The molecule has 0 spiro atoms. The van der Waals surface area contributed by atoms with Crippen molar-refractivity contribution in [3.05, 3.63) is 29.3 Å². The minimum atomic E-state index is -4.42. The number of benzene rings is 1. The summed E-state index contributed by atoms with van der Waals surface area (Å²) in [6.45, 7) is 4.56. The van der Waals surface area contributed by atoms with Crippen LogP contribution in [-0.2, 0) is 21.0 Å². The number of anilines is 1. The molecule has 2 N–H and O–H groups in total. The lowest BCUT2D eigenvalue weighted by Gasteiger charge is -2.28. The highest BCUT2D eigenvalue weighted by atomic mass is 32.2. The zero-order valence-electron chi connectivity index (χ0n) is 15.6. The van der Waals surface area contributed by atoms with Crippen LogP contribution < -0.4 is 10.0 Å². The van der Waals surface area contributed by atoms with Crippen molar-refractivity contribution in [2.24, 2.45) is 5.92 Å². The number of aryl methyl sites for hydroxylation is 1. The lowest BCUT2D eigenvalue weighted by atomic mass is 9.86. The summed E-state index contributed by atoms with van der Waals surface area (Å²) in [4.78, 5) is 12.4. The number of carbonyl (C=O) groups excluding carboxylic acids is 1. The predicted octanol–water partition coefficient (Wildman–Crippen LogP) is 3.84. The third-order valence-corrected chi connectivity index (χ3v) is 6.75. The van der Waals surface area contributed by atoms with Crippen LogP contribution in [0.1, 0.15) is 50.7 Å². The molecule has 1 fully saturated rings. The van der Waals surface area contributed by atoms with E-state index in [9.17, 15) is 26.4 Å². The number of carbonyl (C=O) groups is 1. The predicted molar refractivity (Wildman–Crippen MR) is 97.7 cm³/mol. The first kappa shape index (κ1) is 21.7. The fraction of sp³-hybridized carbons (Fsp3) is 0.611. The Bertz CT molecular complexity index is 784. The standard InChI is InChI=1S/C18H25F3N2O3S/c1-11(2)27(25,26)23-14-6-4-13(5-7-14)17(24)22-15-8-9-16(12(3)10-15)18(19,20)21/h8-11,13-14,23H,4-7H2,1-3H3,(H,22,24). The number of hydrogen-bond acceptors (Lipinski definition) is 3. The molecular formula is C18H25F3N2O3S. The average molecular weight is 406 g/mol. The molecule has 0 unspecified atom stereocenters. The molecule has 1 aliphatic carbocycles. The van der Waals surface area contributed by atoms with Gasteiger partial charge in [-0.3, -0.25) is 4.79 Å². The van der Waals surface area contributed by atoms with Crippen LogP contribution >= 0.6 is 0 Å². The largest absolute Gasteiger partial charge is 0.416 e. The van der Waals surface area contributed by atoms with Gasteiger partial charge in [0.25, 0.3) is 0 Å². The number of alkyl halides is 3. The van der Waals surface area contributed by atoms with E-state index in [0.717, 1.165) is 6.07 Å². The smallest absolute Gasteiger partial charge is 0.326 e. The number of nitrogens with one attached hydrogen (secondary N) is 2. The summed E-state index contributed by atoms with van der Waals surface area (Å²) in [5, 5.41) is 2.15. The number of hydrogen-bond donors (Lipinski definition) is 2. The van der Waals surface area contributed by atoms with Gasteiger partial charge in [-0.2, -0.15) is 13.2 Å². The highest BCUT2D eigenvalue weighted by Gasteiger charge is 2.33. The van der Waals surface area contributed by atoms with Gasteiger partial charge in [0.2, 0.25) is 15.9 Å². The van der Waals surface area contributed by atoms with Crippen LogP contribution in [0.2, 0.25) is 0 Å². The SMILES string of the molecule is Cc1cc(NC(=O)C2CCC(NS(=O)(=O)C(C)C)CC2)ccc1C(F)(F)F. The lowest BCUT2D eigenvalue weighted by molar-refractivity contribution is -0.138. The fourth-order valence-electron chi connectivity index (χ4n) is 3.15. The summed E-state index contributed by atoms with van der Waals surface area (Å²) in [6.07, 6.45) is -2.27. The summed E-state index contributed by atoms with van der Waals surface area (Å²) < 4.78 is 64.9. The zero-order chi connectivity index (χ0) is 20.4. The van der Waals surface area contributed by atoms with E-state index in [4.69, 9.17) is 0 Å². The summed E-state index contributed by atoms with van der Waals surface area (Å²) in [5.74, 6) is -0.535. The molecule has 0 radical (unpaired) electrons. The van der Waals surface area contributed by atoms with Crippen LogP contribution in [0.4, 0.5) is 18.9 Å². The minimum Gasteiger partial charge on any atom is -0.326 e. The van der Waals surface area contributed by atoms with E-state index >= 15 is 0 Å². The molecule has 1 amide bonds. The molecule has 0 aromatic heterocycles. The van der Waals surface area contributed by atoms with Crippen LogP contribution in [0, 0.1) is 12.8 Å². The molecule has 0 aliphatic heterocycles. The molecule has 152 valence electrons. The van der Waals surface area contributed by atoms with Crippen LogP contribution in [0.5, 0.6) is 0 Å². The highest BCUT2D eigenvalue weighted by molar-refractivity contribution is 7.90. The van der Waals surface area contributed by atoms with Crippen LogP contribution in [0.25, 0.3) is 0 Å². The van der Waals surface area contributed by atoms with Crippen molar-refractivity contribution in [2.75, 3.05) is 5.32 Å². The molecule has 1 aromatic rings. The second-order valence-corrected chi connectivity index (χ2v) is 9.55. The quantitative estimate of drug-likeness (QED) is 0.780. The molecule has 1 aromatic carbocycles. The summed E-state index contributed by atoms with van der Waals surface area (Å²) in [6, 6.07) is 3.33. The maximum Gasteiger partial charge on any atom is 0.416 e. The number of halogens is 3. The van der Waals surface area contributed by atoms with Gasteiger partial charge in [-0.1, -0.05) is 0 Å². The molecule has 27 heavy (non-hydrogen) atoms. The minimum absolute atomic E-state index is 0.0482. The Morgan fingerprint density at radius 2 is 1.74 bits per heavy atom. The molecule has 0 heterocycles. The van der Waals surface area contributed by atoms with Gasteiger partial charge >= 0.3 is 6.18 Å². The fourth-order valence-corrected chi connectivity index (χ4v) is 4.12. The van der Waals surface area contributed by atoms with E-state index in [1.54, 1.807) is 13.8 Å². The number of rotatable bonds is 5.